The van der Waals surface area contributed by atoms with Gasteiger partial charge in [0.05, 0.1) is 0 Å². The molecule has 0 bridgehead atoms. The molecule has 0 aliphatic rings. The van der Waals surface area contributed by atoms with Crippen LogP contribution in [0.3, 0.4) is 0 Å². The van der Waals surface area contributed by atoms with Crippen LogP contribution in [0.5, 0.6) is 0 Å². The minimum Gasteiger partial charge on any atom is -0.353 e. The van der Waals surface area contributed by atoms with E-state index in [1.54, 1.807) is 0 Å². The van der Waals surface area contributed by atoms with E-state index in [2.05, 4.69) is 0 Å². The lowest BCUT2D eigenvalue weighted by molar-refractivity contribution is -0.405. The maximum absolute atomic E-state index is 9.98. The quantitative estimate of drug-likeness (QED) is 0.190. The van der Waals surface area contributed by atoms with Crippen molar-refractivity contribution in [1.29, 1.82) is 0 Å². The van der Waals surface area contributed by atoms with Gasteiger partial charge in [-0.25, -0.2) is 0 Å². The molecule has 0 fully saturated rings. The van der Waals surface area contributed by atoms with E-state index in [0.29, 0.717) is 9.80 Å². The van der Waals surface area contributed by atoms with Gasteiger partial charge >= 0.3 is 0 Å². The van der Waals surface area contributed by atoms with Gasteiger partial charge in [-0.1, -0.05) is 27.7 Å². The fourth-order valence-electron chi connectivity index (χ4n) is 2.25. The van der Waals surface area contributed by atoms with E-state index < -0.39 is 36.7 Å². The van der Waals surface area contributed by atoms with Crippen LogP contribution in [0.15, 0.2) is 0 Å². The molecule has 146 valence electrons. The highest BCUT2D eigenvalue weighted by Crippen LogP contribution is 2.27. The zero-order chi connectivity index (χ0) is 19.4. The molecule has 0 amide bonds. The van der Waals surface area contributed by atoms with Gasteiger partial charge in [0.15, 0.2) is 0 Å². The smallest absolute Gasteiger partial charge is 0.228 e. The molecule has 0 unspecified atom stereocenters. The van der Waals surface area contributed by atoms with Gasteiger partial charge in [0, 0.05) is 38.8 Å². The zero-order valence-corrected chi connectivity index (χ0v) is 14.7. The summed E-state index contributed by atoms with van der Waals surface area (Å²) < 4.78 is 0. The summed E-state index contributed by atoms with van der Waals surface area (Å²) in [6.07, 6.45) is -1.09. The second-order valence-corrected chi connectivity index (χ2v) is 5.81. The topological polar surface area (TPSA) is 168 Å². The Morgan fingerprint density at radius 1 is 0.458 bits per heavy atom. The molecule has 0 aromatic heterocycles. The normalized spacial score (nSPS) is 14.8. The Balaban J connectivity index is 5.56. The monoisotopic (exact) mass is 356 g/mol. The maximum atomic E-state index is 9.98. The van der Waals surface area contributed by atoms with Crippen molar-refractivity contribution in [3.05, 3.63) is 0 Å². The summed E-state index contributed by atoms with van der Waals surface area (Å²) in [5, 5.41) is 79.8. The van der Waals surface area contributed by atoms with Crippen molar-refractivity contribution in [2.24, 2.45) is 0 Å². The van der Waals surface area contributed by atoms with Crippen LogP contribution in [0.4, 0.5) is 0 Å². The van der Waals surface area contributed by atoms with Crippen LogP contribution in [-0.2, 0) is 0 Å². The molecule has 0 saturated carbocycles. The van der Waals surface area contributed by atoms with Crippen LogP contribution in [0.25, 0.3) is 0 Å². The standard InChI is InChI=1S/C14H32N2O8/c1-5-11(17,18)15(12(19,20)6-2)9-10-16(13(21,22)7-3)14(23,24)8-4/h17-24H,5-10H2,1-4H3. The lowest BCUT2D eigenvalue weighted by atomic mass is 10.2. The minimum absolute atomic E-state index is 0.274. The summed E-state index contributed by atoms with van der Waals surface area (Å²) in [4.78, 5) is 1.06. The average Bonchev–Trinajstić information content (AvgIpc) is 2.50. The van der Waals surface area contributed by atoms with Gasteiger partial charge in [-0.3, -0.25) is 0 Å². The largest absolute Gasteiger partial charge is 0.353 e. The van der Waals surface area contributed by atoms with Gasteiger partial charge in [-0.2, -0.15) is 9.80 Å². The second-order valence-electron chi connectivity index (χ2n) is 5.81. The molecule has 0 atom stereocenters. The molecule has 0 heterocycles. The molecule has 8 N–H and O–H groups in total. The molecule has 0 saturated heterocycles. The predicted molar refractivity (Wildman–Crippen MR) is 83.3 cm³/mol. The van der Waals surface area contributed by atoms with Crippen molar-refractivity contribution >= 4 is 0 Å². The summed E-state index contributed by atoms with van der Waals surface area (Å²) in [6, 6.07) is 0. The Labute approximate surface area is 141 Å². The number of nitrogens with zero attached hydrogens (tertiary/aromatic N) is 2. The van der Waals surface area contributed by atoms with E-state index >= 15 is 0 Å². The maximum Gasteiger partial charge on any atom is 0.228 e. The molecule has 0 aliphatic heterocycles. The van der Waals surface area contributed by atoms with Crippen LogP contribution in [0.1, 0.15) is 53.4 Å². The van der Waals surface area contributed by atoms with Crippen molar-refractivity contribution in [2.75, 3.05) is 13.1 Å². The van der Waals surface area contributed by atoms with Crippen molar-refractivity contribution in [1.82, 2.24) is 9.80 Å². The van der Waals surface area contributed by atoms with Gasteiger partial charge in [-0.15, -0.1) is 0 Å². The van der Waals surface area contributed by atoms with Crippen molar-refractivity contribution < 1.29 is 40.9 Å². The van der Waals surface area contributed by atoms with E-state index in [9.17, 15) is 40.9 Å². The zero-order valence-electron chi connectivity index (χ0n) is 14.7. The van der Waals surface area contributed by atoms with E-state index in [-0.39, 0.29) is 25.7 Å². The molecule has 0 spiro atoms. The van der Waals surface area contributed by atoms with Gasteiger partial charge in [0.2, 0.25) is 23.6 Å². The lowest BCUT2D eigenvalue weighted by Crippen LogP contribution is -2.66. The third kappa shape index (κ3) is 5.56. The Morgan fingerprint density at radius 2 is 0.625 bits per heavy atom. The molecule has 0 aromatic rings. The van der Waals surface area contributed by atoms with Crippen molar-refractivity contribution in [3.63, 3.8) is 0 Å². The lowest BCUT2D eigenvalue weighted by Gasteiger charge is -2.46. The van der Waals surface area contributed by atoms with Crippen LogP contribution in [0, 0.1) is 0 Å². The third-order valence-corrected chi connectivity index (χ3v) is 4.17. The summed E-state index contributed by atoms with van der Waals surface area (Å²) in [6.45, 7) is 4.60. The van der Waals surface area contributed by atoms with Gasteiger partial charge in [0.25, 0.3) is 0 Å². The first kappa shape index (κ1) is 23.6. The van der Waals surface area contributed by atoms with Gasteiger partial charge in [0.1, 0.15) is 0 Å². The molecule has 0 aromatic carbocycles. The first-order valence-electron chi connectivity index (χ1n) is 8.06. The Hall–Kier alpha value is -0.400. The molecule has 24 heavy (non-hydrogen) atoms. The number of hydrogen-bond acceptors (Lipinski definition) is 10. The predicted octanol–water partition coefficient (Wildman–Crippen LogP) is -2.22. The van der Waals surface area contributed by atoms with Gasteiger partial charge < -0.3 is 40.9 Å². The summed E-state index contributed by atoms with van der Waals surface area (Å²) >= 11 is 0. The van der Waals surface area contributed by atoms with Crippen molar-refractivity contribution in [2.45, 2.75) is 77.0 Å². The molecule has 0 rings (SSSR count). The first-order valence-corrected chi connectivity index (χ1v) is 8.06. The molecular weight excluding hydrogens is 324 g/mol. The van der Waals surface area contributed by atoms with E-state index in [1.807, 2.05) is 0 Å². The third-order valence-electron chi connectivity index (χ3n) is 4.17. The fourth-order valence-corrected chi connectivity index (χ4v) is 2.25. The highest BCUT2D eigenvalue weighted by molar-refractivity contribution is 4.80. The number of hydrogen-bond donors (Lipinski definition) is 8. The number of rotatable bonds is 11. The Kier molecular flexibility index (Phi) is 8.18. The summed E-state index contributed by atoms with van der Waals surface area (Å²) in [7, 11) is 0. The minimum atomic E-state index is -2.59. The van der Waals surface area contributed by atoms with Crippen LogP contribution in [-0.4, -0.2) is 87.4 Å². The summed E-state index contributed by atoms with van der Waals surface area (Å²) in [5.41, 5.74) is 0. The fraction of sp³-hybridized carbons (Fsp3) is 1.00. The molecular formula is C14H32N2O8. The van der Waals surface area contributed by atoms with E-state index in [0.717, 1.165) is 0 Å². The highest BCUT2D eigenvalue weighted by atomic mass is 16.6. The molecule has 10 nitrogen and oxygen atoms in total. The molecule has 0 aliphatic carbocycles. The highest BCUT2D eigenvalue weighted by Gasteiger charge is 2.47. The molecule has 10 heteroatoms. The van der Waals surface area contributed by atoms with Crippen molar-refractivity contribution in [3.8, 4) is 0 Å². The van der Waals surface area contributed by atoms with Crippen LogP contribution >= 0.6 is 0 Å². The van der Waals surface area contributed by atoms with E-state index in [4.69, 9.17) is 0 Å². The van der Waals surface area contributed by atoms with Crippen LogP contribution < -0.4 is 0 Å². The van der Waals surface area contributed by atoms with Gasteiger partial charge in [-0.05, 0) is 0 Å². The first-order chi connectivity index (χ1) is 10.7. The van der Waals surface area contributed by atoms with Crippen LogP contribution in [0.2, 0.25) is 0 Å². The SMILES string of the molecule is CCC(O)(O)N(CCN(C(O)(O)CC)C(O)(O)CC)C(O)(O)CC. The molecule has 0 radical (unpaired) electrons. The summed E-state index contributed by atoms with van der Waals surface area (Å²) in [5.74, 6) is -10.4. The number of aliphatic hydroxyl groups is 8. The second kappa shape index (κ2) is 8.32. The van der Waals surface area contributed by atoms with E-state index in [1.165, 1.54) is 27.7 Å². The Bertz CT molecular complexity index is 319. The average molecular weight is 356 g/mol. The Morgan fingerprint density at radius 3 is 0.750 bits per heavy atom.